The van der Waals surface area contributed by atoms with E-state index in [1.54, 1.807) is 18.3 Å². The fraction of sp³-hybridized carbons (Fsp3) is 0.0625. The minimum absolute atomic E-state index is 0.00573. The summed E-state index contributed by atoms with van der Waals surface area (Å²) in [5.74, 6) is 0. The Morgan fingerprint density at radius 1 is 1.17 bits per heavy atom. The molecule has 0 saturated carbocycles. The van der Waals surface area contributed by atoms with E-state index in [0.717, 1.165) is 10.6 Å². The predicted molar refractivity (Wildman–Crippen MR) is 97.3 cm³/mol. The summed E-state index contributed by atoms with van der Waals surface area (Å²) in [5.41, 5.74) is 1.90. The first-order chi connectivity index (χ1) is 11.6. The number of thiazole rings is 1. The van der Waals surface area contributed by atoms with Crippen LogP contribution in [0.25, 0.3) is 0 Å². The van der Waals surface area contributed by atoms with Crippen LogP contribution in [0.4, 0.5) is 22.7 Å². The van der Waals surface area contributed by atoms with Gasteiger partial charge in [0.05, 0.1) is 11.5 Å². The number of halogens is 1. The molecule has 3 aromatic rings. The van der Waals surface area contributed by atoms with Crippen molar-refractivity contribution in [2.45, 2.75) is 6.54 Å². The van der Waals surface area contributed by atoms with Crippen molar-refractivity contribution >= 4 is 45.7 Å². The number of anilines is 3. The van der Waals surface area contributed by atoms with Gasteiger partial charge in [-0.05, 0) is 24.3 Å². The first-order valence-corrected chi connectivity index (χ1v) is 8.26. The van der Waals surface area contributed by atoms with Crippen molar-refractivity contribution in [1.82, 2.24) is 4.98 Å². The highest BCUT2D eigenvalue weighted by Crippen LogP contribution is 2.31. The van der Waals surface area contributed by atoms with Gasteiger partial charge in [0, 0.05) is 28.5 Å². The highest BCUT2D eigenvalue weighted by atomic mass is 35.5. The van der Waals surface area contributed by atoms with Crippen LogP contribution in [0.2, 0.25) is 4.47 Å². The maximum atomic E-state index is 11.4. The van der Waals surface area contributed by atoms with Crippen molar-refractivity contribution in [3.8, 4) is 0 Å². The Morgan fingerprint density at radius 3 is 2.62 bits per heavy atom. The minimum Gasteiger partial charge on any atom is -0.380 e. The third kappa shape index (κ3) is 4.01. The molecule has 24 heavy (non-hydrogen) atoms. The lowest BCUT2D eigenvalue weighted by Gasteiger charge is -2.10. The van der Waals surface area contributed by atoms with Crippen molar-refractivity contribution in [3.05, 3.63) is 74.2 Å². The van der Waals surface area contributed by atoms with Crippen molar-refractivity contribution in [1.29, 1.82) is 0 Å². The molecule has 3 rings (SSSR count). The molecule has 0 aliphatic heterocycles. The van der Waals surface area contributed by atoms with E-state index in [0.29, 0.717) is 22.4 Å². The second kappa shape index (κ2) is 7.29. The van der Waals surface area contributed by atoms with Crippen molar-refractivity contribution in [2.24, 2.45) is 0 Å². The molecule has 0 amide bonds. The standard InChI is InChI=1S/C16H13ClN4O2S/c17-16-19-10-13(24-16)9-18-12-6-7-14(15(8-12)21(22)23)20-11-4-2-1-3-5-11/h1-8,10,18,20H,9H2. The number of para-hydroxylation sites is 1. The molecular formula is C16H13ClN4O2S. The quantitative estimate of drug-likeness (QED) is 0.474. The van der Waals surface area contributed by atoms with Crippen LogP contribution in [0.5, 0.6) is 0 Å². The largest absolute Gasteiger partial charge is 0.380 e. The molecular weight excluding hydrogens is 348 g/mol. The van der Waals surface area contributed by atoms with Gasteiger partial charge in [0.2, 0.25) is 0 Å². The number of nitrogens with one attached hydrogen (secondary N) is 2. The minimum atomic E-state index is -0.403. The molecule has 0 unspecified atom stereocenters. The van der Waals surface area contributed by atoms with Gasteiger partial charge in [-0.1, -0.05) is 29.8 Å². The van der Waals surface area contributed by atoms with E-state index in [4.69, 9.17) is 11.6 Å². The molecule has 1 heterocycles. The van der Waals surface area contributed by atoms with E-state index in [9.17, 15) is 10.1 Å². The fourth-order valence-corrected chi connectivity index (χ4v) is 3.05. The molecule has 0 aliphatic rings. The van der Waals surface area contributed by atoms with E-state index in [1.165, 1.54) is 17.4 Å². The van der Waals surface area contributed by atoms with Crippen molar-refractivity contribution < 1.29 is 4.92 Å². The number of nitrogens with zero attached hydrogens (tertiary/aromatic N) is 2. The molecule has 1 aromatic heterocycles. The number of benzene rings is 2. The van der Waals surface area contributed by atoms with Crippen LogP contribution in [0.1, 0.15) is 4.88 Å². The molecule has 0 fully saturated rings. The highest BCUT2D eigenvalue weighted by Gasteiger charge is 2.15. The zero-order valence-corrected chi connectivity index (χ0v) is 14.0. The van der Waals surface area contributed by atoms with Crippen LogP contribution in [0.15, 0.2) is 54.7 Å². The normalized spacial score (nSPS) is 10.4. The maximum absolute atomic E-state index is 11.4. The molecule has 0 radical (unpaired) electrons. The fourth-order valence-electron chi connectivity index (χ4n) is 2.13. The van der Waals surface area contributed by atoms with Gasteiger partial charge in [0.15, 0.2) is 4.47 Å². The average molecular weight is 361 g/mol. The zero-order valence-electron chi connectivity index (χ0n) is 12.4. The predicted octanol–water partition coefficient (Wildman–Crippen LogP) is 5.06. The lowest BCUT2D eigenvalue weighted by Crippen LogP contribution is -2.01. The summed E-state index contributed by atoms with van der Waals surface area (Å²) in [7, 11) is 0. The van der Waals surface area contributed by atoms with E-state index >= 15 is 0 Å². The van der Waals surface area contributed by atoms with Gasteiger partial charge >= 0.3 is 0 Å². The molecule has 8 heteroatoms. The van der Waals surface area contributed by atoms with E-state index in [2.05, 4.69) is 15.6 Å². The van der Waals surface area contributed by atoms with Gasteiger partial charge < -0.3 is 10.6 Å². The Hall–Kier alpha value is -2.64. The smallest absolute Gasteiger partial charge is 0.294 e. The Labute approximate surface area is 147 Å². The monoisotopic (exact) mass is 360 g/mol. The Balaban J connectivity index is 1.78. The Kier molecular flexibility index (Phi) is 4.93. The number of nitro benzene ring substituents is 1. The number of aromatic nitrogens is 1. The number of hydrogen-bond donors (Lipinski definition) is 2. The Morgan fingerprint density at radius 2 is 1.96 bits per heavy atom. The molecule has 0 spiro atoms. The van der Waals surface area contributed by atoms with Crippen LogP contribution in [0.3, 0.4) is 0 Å². The zero-order chi connectivity index (χ0) is 16.9. The van der Waals surface area contributed by atoms with Crippen molar-refractivity contribution in [2.75, 3.05) is 10.6 Å². The van der Waals surface area contributed by atoms with Crippen LogP contribution < -0.4 is 10.6 Å². The first kappa shape index (κ1) is 16.2. The third-order valence-corrected chi connectivity index (χ3v) is 4.35. The van der Waals surface area contributed by atoms with Crippen LogP contribution in [-0.4, -0.2) is 9.91 Å². The number of hydrogen-bond acceptors (Lipinski definition) is 6. The Bertz CT molecular complexity index is 854. The first-order valence-electron chi connectivity index (χ1n) is 7.06. The van der Waals surface area contributed by atoms with Gasteiger partial charge in [-0.25, -0.2) is 4.98 Å². The molecule has 0 bridgehead atoms. The molecule has 122 valence electrons. The lowest BCUT2D eigenvalue weighted by molar-refractivity contribution is -0.383. The summed E-state index contributed by atoms with van der Waals surface area (Å²) >= 11 is 7.16. The molecule has 2 aromatic carbocycles. The van der Waals surface area contributed by atoms with Gasteiger partial charge in [0.25, 0.3) is 5.69 Å². The van der Waals surface area contributed by atoms with E-state index in [-0.39, 0.29) is 5.69 Å². The molecule has 6 nitrogen and oxygen atoms in total. The summed E-state index contributed by atoms with van der Waals surface area (Å²) in [6.07, 6.45) is 1.68. The summed E-state index contributed by atoms with van der Waals surface area (Å²) in [4.78, 5) is 15.9. The molecule has 0 aliphatic carbocycles. The average Bonchev–Trinajstić information content (AvgIpc) is 3.00. The number of rotatable bonds is 6. The molecule has 0 saturated heterocycles. The third-order valence-electron chi connectivity index (χ3n) is 3.24. The van der Waals surface area contributed by atoms with Crippen LogP contribution in [-0.2, 0) is 6.54 Å². The van der Waals surface area contributed by atoms with Crippen LogP contribution >= 0.6 is 22.9 Å². The molecule has 0 atom stereocenters. The number of nitro groups is 1. The summed E-state index contributed by atoms with van der Waals surface area (Å²) in [6.45, 7) is 0.507. The SMILES string of the molecule is O=[N+]([O-])c1cc(NCc2cnc(Cl)s2)ccc1Nc1ccccc1. The molecule has 2 N–H and O–H groups in total. The van der Waals surface area contributed by atoms with E-state index in [1.807, 2.05) is 30.3 Å². The summed E-state index contributed by atoms with van der Waals surface area (Å²) < 4.78 is 0.472. The second-order valence-electron chi connectivity index (χ2n) is 4.91. The van der Waals surface area contributed by atoms with E-state index < -0.39 is 4.92 Å². The summed E-state index contributed by atoms with van der Waals surface area (Å²) in [6, 6.07) is 14.3. The topological polar surface area (TPSA) is 80.1 Å². The van der Waals surface area contributed by atoms with Gasteiger partial charge in [-0.3, -0.25) is 10.1 Å². The van der Waals surface area contributed by atoms with Gasteiger partial charge in [0.1, 0.15) is 5.69 Å². The van der Waals surface area contributed by atoms with Gasteiger partial charge in [-0.2, -0.15) is 0 Å². The van der Waals surface area contributed by atoms with Crippen molar-refractivity contribution in [3.63, 3.8) is 0 Å². The van der Waals surface area contributed by atoms with Gasteiger partial charge in [-0.15, -0.1) is 11.3 Å². The summed E-state index contributed by atoms with van der Waals surface area (Å²) in [5, 5.41) is 17.6. The lowest BCUT2D eigenvalue weighted by atomic mass is 10.2. The second-order valence-corrected chi connectivity index (χ2v) is 6.61. The highest BCUT2D eigenvalue weighted by molar-refractivity contribution is 7.15. The maximum Gasteiger partial charge on any atom is 0.294 e. The van der Waals surface area contributed by atoms with Crippen LogP contribution in [0, 0.1) is 10.1 Å².